The van der Waals surface area contributed by atoms with Gasteiger partial charge in [-0.15, -0.1) is 0 Å². The molecule has 0 aromatic heterocycles. The van der Waals surface area contributed by atoms with Gasteiger partial charge in [-0.1, -0.05) is 96.8 Å². The molecule has 0 rings (SSSR count). The van der Waals surface area contributed by atoms with Crippen molar-refractivity contribution in [2.45, 2.75) is 141 Å². The zero-order valence-corrected chi connectivity index (χ0v) is 21.5. The largest absolute Gasteiger partial charge is 0.479 e. The maximum Gasteiger partial charge on any atom is 0.335 e. The number of carbonyl (C=O) groups is 2. The number of aliphatic carboxylic acids is 1. The van der Waals surface area contributed by atoms with Crippen molar-refractivity contribution in [2.24, 2.45) is 0 Å². The molecule has 0 aromatic rings. The van der Waals surface area contributed by atoms with Crippen LogP contribution < -0.4 is 11.5 Å². The van der Waals surface area contributed by atoms with Crippen molar-refractivity contribution in [2.75, 3.05) is 13.7 Å². The zero-order chi connectivity index (χ0) is 23.2. The summed E-state index contributed by atoms with van der Waals surface area (Å²) in [7, 11) is 1.42. The first-order chi connectivity index (χ1) is 15.0. The Labute approximate surface area is 198 Å². The van der Waals surface area contributed by atoms with E-state index in [1.54, 1.807) is 6.92 Å². The highest BCUT2D eigenvalue weighted by molar-refractivity contribution is 5.77. The molecular weight excluding hydrogens is 404 g/mol. The molecule has 1 amide bonds. The first-order valence-corrected chi connectivity index (χ1v) is 13.0. The van der Waals surface area contributed by atoms with Gasteiger partial charge in [-0.3, -0.25) is 4.79 Å². The van der Waals surface area contributed by atoms with E-state index >= 15 is 0 Å². The second kappa shape index (κ2) is 23.0. The Morgan fingerprint density at radius 1 is 0.750 bits per heavy atom. The van der Waals surface area contributed by atoms with Crippen LogP contribution in [0, 0.1) is 0 Å². The molecule has 0 fully saturated rings. The van der Waals surface area contributed by atoms with E-state index in [2.05, 4.69) is 12.2 Å². The van der Waals surface area contributed by atoms with Gasteiger partial charge >= 0.3 is 5.97 Å². The van der Waals surface area contributed by atoms with E-state index in [-0.39, 0.29) is 12.1 Å². The molecule has 6 nitrogen and oxygen atoms in total. The molecule has 0 saturated heterocycles. The summed E-state index contributed by atoms with van der Waals surface area (Å²) in [5, 5.41) is 12.1. The van der Waals surface area contributed by atoms with E-state index in [9.17, 15) is 9.59 Å². The van der Waals surface area contributed by atoms with Crippen molar-refractivity contribution in [3.63, 3.8) is 0 Å². The van der Waals surface area contributed by atoms with Crippen molar-refractivity contribution in [3.8, 4) is 0 Å². The van der Waals surface area contributed by atoms with Crippen molar-refractivity contribution < 1.29 is 19.4 Å². The number of carbonyl (C=O) groups excluding carboxylic acids is 1. The Morgan fingerprint density at radius 2 is 1.19 bits per heavy atom. The molecule has 0 aliphatic carbocycles. The summed E-state index contributed by atoms with van der Waals surface area (Å²) < 4.78 is 5.08. The minimum Gasteiger partial charge on any atom is -0.479 e. The van der Waals surface area contributed by atoms with Crippen LogP contribution in [0.1, 0.15) is 136 Å². The lowest BCUT2D eigenvalue weighted by Gasteiger charge is -2.22. The van der Waals surface area contributed by atoms with Crippen LogP contribution in [0.15, 0.2) is 0 Å². The molecule has 192 valence electrons. The number of hydrogen-bond donors (Lipinski definition) is 3. The quantitative estimate of drug-likeness (QED) is 0.140. The number of carboxylic acids is 1. The van der Waals surface area contributed by atoms with E-state index < -0.39 is 11.6 Å². The summed E-state index contributed by atoms with van der Waals surface area (Å²) >= 11 is 0. The Kier molecular flexibility index (Phi) is 23.8. The van der Waals surface area contributed by atoms with Crippen molar-refractivity contribution in [3.05, 3.63) is 0 Å². The van der Waals surface area contributed by atoms with E-state index in [0.29, 0.717) is 19.4 Å². The van der Waals surface area contributed by atoms with Crippen LogP contribution in [-0.4, -0.2) is 36.2 Å². The van der Waals surface area contributed by atoms with Gasteiger partial charge in [0.1, 0.15) is 0 Å². The maximum absolute atomic E-state index is 11.9. The first kappa shape index (κ1) is 33.0. The smallest absolute Gasteiger partial charge is 0.335 e. The summed E-state index contributed by atoms with van der Waals surface area (Å²) in [6.07, 6.45) is 22.5. The van der Waals surface area contributed by atoms with Crippen LogP contribution in [0.25, 0.3) is 0 Å². The molecule has 0 saturated carbocycles. The van der Waals surface area contributed by atoms with Gasteiger partial charge in [0, 0.05) is 20.1 Å². The summed E-state index contributed by atoms with van der Waals surface area (Å²) in [6.45, 7) is 4.47. The van der Waals surface area contributed by atoms with Crippen LogP contribution in [0.2, 0.25) is 0 Å². The highest BCUT2D eigenvalue weighted by Gasteiger charge is 2.31. The van der Waals surface area contributed by atoms with Crippen molar-refractivity contribution in [1.29, 1.82) is 0 Å². The van der Waals surface area contributed by atoms with E-state index in [1.165, 1.54) is 90.6 Å². The summed E-state index contributed by atoms with van der Waals surface area (Å²) in [6, 6.07) is 0. The second-order valence-corrected chi connectivity index (χ2v) is 9.25. The third-order valence-corrected chi connectivity index (χ3v) is 6.31. The topological polar surface area (TPSA) is 111 Å². The van der Waals surface area contributed by atoms with Crippen molar-refractivity contribution >= 4 is 11.9 Å². The molecule has 1 atom stereocenters. The van der Waals surface area contributed by atoms with E-state index in [4.69, 9.17) is 9.84 Å². The zero-order valence-electron chi connectivity index (χ0n) is 21.5. The highest BCUT2D eigenvalue weighted by atomic mass is 16.5. The summed E-state index contributed by atoms with van der Waals surface area (Å²) in [5.74, 6) is -0.824. The fourth-order valence-corrected chi connectivity index (χ4v) is 3.86. The number of nitrogens with one attached hydrogen (secondary N) is 1. The molecule has 0 spiro atoms. The third-order valence-electron chi connectivity index (χ3n) is 6.31. The number of ether oxygens (including phenoxy) is 1. The summed E-state index contributed by atoms with van der Waals surface area (Å²) in [5.41, 5.74) is -1.13. The van der Waals surface area contributed by atoms with Crippen LogP contribution in [0.5, 0.6) is 0 Å². The van der Waals surface area contributed by atoms with E-state index in [0.717, 1.165) is 25.7 Å². The first-order valence-electron chi connectivity index (χ1n) is 13.0. The molecule has 32 heavy (non-hydrogen) atoms. The van der Waals surface area contributed by atoms with Crippen LogP contribution in [-0.2, 0) is 14.3 Å². The van der Waals surface area contributed by atoms with Gasteiger partial charge in [0.05, 0.1) is 0 Å². The predicted octanol–water partition coefficient (Wildman–Crippen LogP) is 7.19. The molecule has 6 heteroatoms. The molecule has 0 aromatic carbocycles. The Bertz CT molecular complexity index is 446. The van der Waals surface area contributed by atoms with Crippen LogP contribution in [0.3, 0.4) is 0 Å². The predicted molar refractivity (Wildman–Crippen MR) is 134 cm³/mol. The SMILES string of the molecule is CCCCCCCCCCCCCCCCCC(=O)NCCCCC(C)(OC)C(=O)O.N. The van der Waals surface area contributed by atoms with Crippen LogP contribution >= 0.6 is 0 Å². The van der Waals surface area contributed by atoms with Gasteiger partial charge in [-0.25, -0.2) is 4.79 Å². The normalized spacial score (nSPS) is 12.7. The fourth-order valence-electron chi connectivity index (χ4n) is 3.86. The molecule has 0 heterocycles. The average Bonchev–Trinajstić information content (AvgIpc) is 2.75. The Hall–Kier alpha value is -1.14. The Balaban J connectivity index is 0. The lowest BCUT2D eigenvalue weighted by Crippen LogP contribution is -2.37. The van der Waals surface area contributed by atoms with E-state index in [1.807, 2.05) is 0 Å². The number of hydrogen-bond acceptors (Lipinski definition) is 4. The van der Waals surface area contributed by atoms with Gasteiger partial charge in [-0.05, 0) is 32.6 Å². The lowest BCUT2D eigenvalue weighted by atomic mass is 9.99. The number of methoxy groups -OCH3 is 1. The molecule has 1 unspecified atom stereocenters. The molecule has 0 aliphatic heterocycles. The molecular formula is C26H54N2O4. The second-order valence-electron chi connectivity index (χ2n) is 9.25. The molecule has 0 aliphatic rings. The molecule has 5 N–H and O–H groups in total. The molecule has 0 bridgehead atoms. The number of carboxylic acid groups (broad SMARTS) is 1. The summed E-state index contributed by atoms with van der Waals surface area (Å²) in [4.78, 5) is 23.0. The molecule has 0 radical (unpaired) electrons. The minimum atomic E-state index is -1.13. The Morgan fingerprint density at radius 3 is 1.59 bits per heavy atom. The van der Waals surface area contributed by atoms with Gasteiger partial charge in [0.2, 0.25) is 5.91 Å². The number of rotatable bonds is 23. The van der Waals surface area contributed by atoms with Gasteiger partial charge < -0.3 is 21.3 Å². The lowest BCUT2D eigenvalue weighted by molar-refractivity contribution is -0.161. The fraction of sp³-hybridized carbons (Fsp3) is 0.923. The van der Waals surface area contributed by atoms with Crippen molar-refractivity contribution in [1.82, 2.24) is 11.5 Å². The van der Waals surface area contributed by atoms with Gasteiger partial charge in [0.15, 0.2) is 5.60 Å². The average molecular weight is 459 g/mol. The maximum atomic E-state index is 11.9. The standard InChI is InChI=1S/C26H51NO4.H3N/c1-4-5-6-7-8-9-10-11-12-13-14-15-16-17-18-21-24(28)27-23-20-19-22-26(2,31-3)25(29)30;/h4-23H2,1-3H3,(H,27,28)(H,29,30);1H3. The number of unbranched alkanes of at least 4 members (excludes halogenated alkanes) is 15. The van der Waals surface area contributed by atoms with Crippen LogP contribution in [0.4, 0.5) is 0 Å². The highest BCUT2D eigenvalue weighted by Crippen LogP contribution is 2.18. The van der Waals surface area contributed by atoms with Gasteiger partial charge in [0.25, 0.3) is 0 Å². The number of amides is 1. The monoisotopic (exact) mass is 458 g/mol. The third kappa shape index (κ3) is 19.5. The minimum absolute atomic E-state index is 0. The van der Waals surface area contributed by atoms with Gasteiger partial charge in [-0.2, -0.15) is 0 Å².